The molecule has 0 unspecified atom stereocenters. The number of rotatable bonds is 4. The Bertz CT molecular complexity index is 963. The lowest BCUT2D eigenvalue weighted by molar-refractivity contribution is -0.145. The fourth-order valence-electron chi connectivity index (χ4n) is 5.28. The Hall–Kier alpha value is -2.67. The molecule has 7 heteroatoms. The number of hydrogen-bond donors (Lipinski definition) is 0. The van der Waals surface area contributed by atoms with Gasteiger partial charge in [0.05, 0.1) is 11.9 Å². The van der Waals surface area contributed by atoms with Gasteiger partial charge in [0, 0.05) is 51.9 Å². The number of likely N-dealkylation sites (tertiary alicyclic amines) is 1. The maximum Gasteiger partial charge on any atom is 0.247 e. The van der Waals surface area contributed by atoms with Crippen molar-refractivity contribution in [3.8, 4) is 0 Å². The minimum absolute atomic E-state index is 0.148. The highest BCUT2D eigenvalue weighted by atomic mass is 16.2. The summed E-state index contributed by atoms with van der Waals surface area (Å²) in [7, 11) is 1.87. The lowest BCUT2D eigenvalue weighted by Gasteiger charge is -2.52. The number of carbonyl (C=O) groups is 2. The van der Waals surface area contributed by atoms with Crippen LogP contribution in [0.4, 0.5) is 5.69 Å². The summed E-state index contributed by atoms with van der Waals surface area (Å²) in [4.78, 5) is 33.0. The van der Waals surface area contributed by atoms with Gasteiger partial charge in [0.25, 0.3) is 0 Å². The second kappa shape index (κ2) is 7.79. The van der Waals surface area contributed by atoms with Crippen molar-refractivity contribution in [2.45, 2.75) is 38.3 Å². The van der Waals surface area contributed by atoms with Gasteiger partial charge in [0.2, 0.25) is 11.8 Å². The van der Waals surface area contributed by atoms with Crippen LogP contribution in [-0.4, -0.2) is 63.1 Å². The first-order valence-electron chi connectivity index (χ1n) is 11.4. The lowest BCUT2D eigenvalue weighted by atomic mass is 9.81. The Morgan fingerprint density at radius 1 is 1.13 bits per heavy atom. The van der Waals surface area contributed by atoms with E-state index < -0.39 is 5.54 Å². The fourth-order valence-corrected chi connectivity index (χ4v) is 5.28. The number of aryl methyl sites for hydroxylation is 1. The van der Waals surface area contributed by atoms with Crippen molar-refractivity contribution in [3.63, 3.8) is 0 Å². The standard InChI is InChI=1S/C24H31N5O2/c1-18-14-21(18)22(30)27-10-8-24(9-11-27)23(31)29(20-15-25-26(2)17-20)13-12-28(24)16-19-6-4-3-5-7-19/h3-7,15,17-18,21H,8-14,16H2,1-2H3/t18-,21+/m0/s1. The van der Waals surface area contributed by atoms with Gasteiger partial charge >= 0.3 is 0 Å². The minimum Gasteiger partial charge on any atom is -0.342 e. The van der Waals surface area contributed by atoms with Crippen molar-refractivity contribution < 1.29 is 9.59 Å². The number of carbonyl (C=O) groups excluding carboxylic acids is 2. The average Bonchev–Trinajstić information content (AvgIpc) is 3.36. The highest BCUT2D eigenvalue weighted by molar-refractivity contribution is 6.01. The molecule has 0 bridgehead atoms. The van der Waals surface area contributed by atoms with E-state index in [0.29, 0.717) is 38.4 Å². The van der Waals surface area contributed by atoms with Crippen LogP contribution in [0.15, 0.2) is 42.7 Å². The largest absolute Gasteiger partial charge is 0.342 e. The summed E-state index contributed by atoms with van der Waals surface area (Å²) in [5.74, 6) is 1.14. The molecule has 1 spiro atoms. The molecule has 2 atom stereocenters. The zero-order valence-electron chi connectivity index (χ0n) is 18.4. The molecule has 2 aliphatic heterocycles. The second-order valence-corrected chi connectivity index (χ2v) is 9.41. The van der Waals surface area contributed by atoms with Crippen LogP contribution in [0.25, 0.3) is 0 Å². The summed E-state index contributed by atoms with van der Waals surface area (Å²) in [6, 6.07) is 10.4. The first kappa shape index (κ1) is 20.2. The van der Waals surface area contributed by atoms with E-state index in [9.17, 15) is 9.59 Å². The molecule has 164 valence electrons. The molecule has 3 fully saturated rings. The first-order chi connectivity index (χ1) is 15.0. The summed E-state index contributed by atoms with van der Waals surface area (Å²) in [6.07, 6.45) is 6.05. The maximum atomic E-state index is 13.9. The van der Waals surface area contributed by atoms with Gasteiger partial charge in [-0.05, 0) is 30.7 Å². The Labute approximate surface area is 183 Å². The summed E-state index contributed by atoms with van der Waals surface area (Å²) in [5.41, 5.74) is 1.50. The van der Waals surface area contributed by atoms with E-state index in [1.807, 2.05) is 41.2 Å². The topological polar surface area (TPSA) is 61.7 Å². The Balaban J connectivity index is 1.40. The zero-order valence-corrected chi connectivity index (χ0v) is 18.4. The molecular weight excluding hydrogens is 390 g/mol. The smallest absolute Gasteiger partial charge is 0.247 e. The molecule has 1 aromatic heterocycles. The van der Waals surface area contributed by atoms with Crippen molar-refractivity contribution in [1.82, 2.24) is 19.6 Å². The summed E-state index contributed by atoms with van der Waals surface area (Å²) in [5, 5.41) is 4.27. The number of piperidine rings is 1. The Morgan fingerprint density at radius 3 is 2.45 bits per heavy atom. The molecule has 0 radical (unpaired) electrons. The second-order valence-electron chi connectivity index (χ2n) is 9.41. The number of hydrogen-bond acceptors (Lipinski definition) is 4. The molecule has 0 N–H and O–H groups in total. The highest BCUT2D eigenvalue weighted by Gasteiger charge is 2.52. The number of anilines is 1. The van der Waals surface area contributed by atoms with E-state index in [0.717, 1.165) is 25.2 Å². The van der Waals surface area contributed by atoms with Gasteiger partial charge in [-0.1, -0.05) is 37.3 Å². The maximum absolute atomic E-state index is 13.9. The van der Waals surface area contributed by atoms with Crippen molar-refractivity contribution in [2.75, 3.05) is 31.1 Å². The Morgan fingerprint density at radius 2 is 1.84 bits per heavy atom. The van der Waals surface area contributed by atoms with Gasteiger partial charge in [-0.3, -0.25) is 19.2 Å². The van der Waals surface area contributed by atoms with E-state index in [2.05, 4.69) is 29.1 Å². The molecule has 3 aliphatic rings. The fraction of sp³-hybridized carbons (Fsp3) is 0.542. The van der Waals surface area contributed by atoms with Crippen LogP contribution in [0.3, 0.4) is 0 Å². The SMILES string of the molecule is C[C@H]1C[C@H]1C(=O)N1CCC2(CC1)C(=O)N(c1cnn(C)c1)CCN2Cc1ccccc1. The molecule has 1 saturated carbocycles. The van der Waals surface area contributed by atoms with Gasteiger partial charge in [-0.2, -0.15) is 5.10 Å². The van der Waals surface area contributed by atoms with E-state index in [1.165, 1.54) is 5.56 Å². The van der Waals surface area contributed by atoms with Crippen LogP contribution in [0, 0.1) is 11.8 Å². The van der Waals surface area contributed by atoms with E-state index in [4.69, 9.17) is 0 Å². The predicted octanol–water partition coefficient (Wildman–Crippen LogP) is 2.29. The number of nitrogens with zero attached hydrogens (tertiary/aromatic N) is 5. The van der Waals surface area contributed by atoms with Crippen molar-refractivity contribution in [1.29, 1.82) is 0 Å². The van der Waals surface area contributed by atoms with Crippen molar-refractivity contribution in [3.05, 3.63) is 48.3 Å². The van der Waals surface area contributed by atoms with Crippen LogP contribution in [0.1, 0.15) is 31.7 Å². The third-order valence-corrected chi connectivity index (χ3v) is 7.39. The van der Waals surface area contributed by atoms with Crippen LogP contribution < -0.4 is 4.90 Å². The average molecular weight is 422 g/mol. The third-order valence-electron chi connectivity index (χ3n) is 7.39. The zero-order chi connectivity index (χ0) is 21.6. The molecule has 31 heavy (non-hydrogen) atoms. The molecule has 1 aromatic carbocycles. The number of benzene rings is 1. The van der Waals surface area contributed by atoms with Crippen LogP contribution >= 0.6 is 0 Å². The number of amides is 2. The molecule has 3 heterocycles. The Kier molecular flexibility index (Phi) is 5.08. The van der Waals surface area contributed by atoms with E-state index >= 15 is 0 Å². The summed E-state index contributed by atoms with van der Waals surface area (Å²) in [6.45, 7) is 5.66. The predicted molar refractivity (Wildman–Crippen MR) is 118 cm³/mol. The summed E-state index contributed by atoms with van der Waals surface area (Å²) >= 11 is 0. The van der Waals surface area contributed by atoms with Gasteiger partial charge < -0.3 is 9.80 Å². The van der Waals surface area contributed by atoms with Gasteiger partial charge in [0.15, 0.2) is 0 Å². The van der Waals surface area contributed by atoms with Crippen molar-refractivity contribution in [2.24, 2.45) is 18.9 Å². The van der Waals surface area contributed by atoms with Crippen LogP contribution in [0.2, 0.25) is 0 Å². The number of aromatic nitrogens is 2. The van der Waals surface area contributed by atoms with E-state index in [-0.39, 0.29) is 17.7 Å². The van der Waals surface area contributed by atoms with E-state index in [1.54, 1.807) is 10.9 Å². The normalized spacial score (nSPS) is 25.8. The molecule has 2 saturated heterocycles. The lowest BCUT2D eigenvalue weighted by Crippen LogP contribution is -2.69. The molecule has 1 aliphatic carbocycles. The quantitative estimate of drug-likeness (QED) is 0.760. The van der Waals surface area contributed by atoms with Crippen molar-refractivity contribution >= 4 is 17.5 Å². The first-order valence-corrected chi connectivity index (χ1v) is 11.4. The molecular formula is C24H31N5O2. The number of piperazine rings is 1. The summed E-state index contributed by atoms with van der Waals surface area (Å²) < 4.78 is 1.74. The third kappa shape index (κ3) is 3.65. The molecule has 2 aromatic rings. The van der Waals surface area contributed by atoms with Gasteiger partial charge in [-0.15, -0.1) is 0 Å². The highest BCUT2D eigenvalue weighted by Crippen LogP contribution is 2.42. The molecule has 2 amide bonds. The van der Waals surface area contributed by atoms with Gasteiger partial charge in [0.1, 0.15) is 5.54 Å². The van der Waals surface area contributed by atoms with Gasteiger partial charge in [-0.25, -0.2) is 0 Å². The van der Waals surface area contributed by atoms with Crippen LogP contribution in [0.5, 0.6) is 0 Å². The molecule has 5 rings (SSSR count). The monoisotopic (exact) mass is 421 g/mol. The molecule has 7 nitrogen and oxygen atoms in total. The van der Waals surface area contributed by atoms with Crippen LogP contribution in [-0.2, 0) is 23.2 Å². The minimum atomic E-state index is -0.574.